The molecule has 2 aromatic rings. The highest BCUT2D eigenvalue weighted by Crippen LogP contribution is 2.24. The number of ether oxygens (including phenoxy) is 1. The molecule has 4 heteroatoms. The first-order valence-corrected chi connectivity index (χ1v) is 7.24. The minimum atomic E-state index is -0.114. The second kappa shape index (κ2) is 7.06. The average Bonchev–Trinajstić information content (AvgIpc) is 2.51. The van der Waals surface area contributed by atoms with Gasteiger partial charge in [0.1, 0.15) is 0 Å². The van der Waals surface area contributed by atoms with E-state index in [1.165, 1.54) is 0 Å². The summed E-state index contributed by atoms with van der Waals surface area (Å²) in [5.41, 5.74) is 4.57. The molecule has 0 atom stereocenters. The van der Waals surface area contributed by atoms with Crippen LogP contribution in [0.2, 0.25) is 0 Å². The van der Waals surface area contributed by atoms with Crippen LogP contribution in [-0.4, -0.2) is 18.3 Å². The molecule has 4 nitrogen and oxygen atoms in total. The number of hydrogen-bond donors (Lipinski definition) is 0. The number of nitrogens with zero attached hydrogens (tertiary/aromatic N) is 2. The molecule has 2 rings (SSSR count). The molecule has 0 fully saturated rings. The van der Waals surface area contributed by atoms with E-state index in [-0.39, 0.29) is 12.0 Å². The standard InChI is InChI=1S/C18H20N2O2/c1-13-4-5-14(2)16(12-13)17-7-6-15(8-9-19)18(21)20(17)10-11-22-3/h4-7,12H,8,10-11H2,1-3H3. The van der Waals surface area contributed by atoms with E-state index in [0.29, 0.717) is 18.7 Å². The predicted molar refractivity (Wildman–Crippen MR) is 86.8 cm³/mol. The summed E-state index contributed by atoms with van der Waals surface area (Å²) in [6.45, 7) is 4.98. The molecular formula is C18H20N2O2. The summed E-state index contributed by atoms with van der Waals surface area (Å²) in [7, 11) is 1.61. The zero-order valence-electron chi connectivity index (χ0n) is 13.2. The fourth-order valence-corrected chi connectivity index (χ4v) is 2.49. The first-order valence-electron chi connectivity index (χ1n) is 7.24. The topological polar surface area (TPSA) is 55.0 Å². The zero-order chi connectivity index (χ0) is 16.1. The maximum absolute atomic E-state index is 12.6. The van der Waals surface area contributed by atoms with Gasteiger partial charge in [0, 0.05) is 24.8 Å². The van der Waals surface area contributed by atoms with Crippen molar-refractivity contribution in [1.82, 2.24) is 4.57 Å². The van der Waals surface area contributed by atoms with E-state index in [4.69, 9.17) is 10.00 Å². The Balaban J connectivity index is 2.64. The van der Waals surface area contributed by atoms with Crippen molar-refractivity contribution in [2.75, 3.05) is 13.7 Å². The van der Waals surface area contributed by atoms with Gasteiger partial charge in [-0.05, 0) is 31.5 Å². The van der Waals surface area contributed by atoms with Crippen molar-refractivity contribution in [3.63, 3.8) is 0 Å². The van der Waals surface area contributed by atoms with Gasteiger partial charge in [0.05, 0.1) is 24.8 Å². The van der Waals surface area contributed by atoms with E-state index in [1.54, 1.807) is 17.7 Å². The Kier molecular flexibility index (Phi) is 5.13. The van der Waals surface area contributed by atoms with Crippen molar-refractivity contribution in [1.29, 1.82) is 5.26 Å². The summed E-state index contributed by atoms with van der Waals surface area (Å²) in [6, 6.07) is 11.9. The van der Waals surface area contributed by atoms with Crippen molar-refractivity contribution in [3.8, 4) is 17.3 Å². The minimum absolute atomic E-state index is 0.114. The van der Waals surface area contributed by atoms with Gasteiger partial charge >= 0.3 is 0 Å². The number of pyridine rings is 1. The zero-order valence-corrected chi connectivity index (χ0v) is 13.2. The van der Waals surface area contributed by atoms with E-state index in [1.807, 2.05) is 26.0 Å². The summed E-state index contributed by atoms with van der Waals surface area (Å²) in [5.74, 6) is 0. The van der Waals surface area contributed by atoms with Crippen molar-refractivity contribution in [2.24, 2.45) is 0 Å². The molecule has 0 amide bonds. The van der Waals surface area contributed by atoms with Gasteiger partial charge < -0.3 is 9.30 Å². The van der Waals surface area contributed by atoms with Crippen LogP contribution in [0.15, 0.2) is 35.1 Å². The maximum Gasteiger partial charge on any atom is 0.255 e. The number of aromatic nitrogens is 1. The molecule has 0 saturated carbocycles. The highest BCUT2D eigenvalue weighted by molar-refractivity contribution is 5.65. The molecule has 0 aliphatic heterocycles. The molecule has 0 bridgehead atoms. The molecule has 1 heterocycles. The number of rotatable bonds is 5. The first kappa shape index (κ1) is 16.0. The Bertz CT molecular complexity index is 770. The monoisotopic (exact) mass is 296 g/mol. The van der Waals surface area contributed by atoms with Crippen LogP contribution in [0, 0.1) is 25.2 Å². The molecule has 0 aliphatic carbocycles. The van der Waals surface area contributed by atoms with Crippen molar-refractivity contribution in [3.05, 3.63) is 57.4 Å². The van der Waals surface area contributed by atoms with Crippen molar-refractivity contribution >= 4 is 0 Å². The van der Waals surface area contributed by atoms with Crippen LogP contribution < -0.4 is 5.56 Å². The number of methoxy groups -OCH3 is 1. The van der Waals surface area contributed by atoms with Crippen LogP contribution in [-0.2, 0) is 17.7 Å². The summed E-state index contributed by atoms with van der Waals surface area (Å²) in [6.07, 6.45) is 0.124. The third-order valence-electron chi connectivity index (χ3n) is 3.71. The third kappa shape index (κ3) is 3.26. The largest absolute Gasteiger partial charge is 0.383 e. The smallest absolute Gasteiger partial charge is 0.255 e. The lowest BCUT2D eigenvalue weighted by Gasteiger charge is -2.16. The third-order valence-corrected chi connectivity index (χ3v) is 3.71. The van der Waals surface area contributed by atoms with E-state index in [9.17, 15) is 4.79 Å². The number of aryl methyl sites for hydroxylation is 2. The molecule has 0 unspecified atom stereocenters. The molecule has 1 aromatic heterocycles. The Hall–Kier alpha value is -2.38. The first-order chi connectivity index (χ1) is 10.6. The lowest BCUT2D eigenvalue weighted by molar-refractivity contribution is 0.186. The predicted octanol–water partition coefficient (Wildman–Crippen LogP) is 2.84. The molecule has 22 heavy (non-hydrogen) atoms. The molecule has 0 saturated heterocycles. The molecule has 0 N–H and O–H groups in total. The summed E-state index contributed by atoms with van der Waals surface area (Å²) < 4.78 is 6.83. The van der Waals surface area contributed by atoms with E-state index in [2.05, 4.69) is 18.2 Å². The van der Waals surface area contributed by atoms with Gasteiger partial charge in [-0.2, -0.15) is 5.26 Å². The van der Waals surface area contributed by atoms with Crippen LogP contribution in [0.4, 0.5) is 0 Å². The highest BCUT2D eigenvalue weighted by Gasteiger charge is 2.12. The normalized spacial score (nSPS) is 10.5. The molecule has 1 aromatic carbocycles. The number of hydrogen-bond acceptors (Lipinski definition) is 3. The van der Waals surface area contributed by atoms with Gasteiger partial charge in [0.2, 0.25) is 0 Å². The SMILES string of the molecule is COCCn1c(-c2cc(C)ccc2C)ccc(CC#N)c1=O. The van der Waals surface area contributed by atoms with Crippen LogP contribution >= 0.6 is 0 Å². The van der Waals surface area contributed by atoms with Crippen LogP contribution in [0.1, 0.15) is 16.7 Å². The molecule has 0 spiro atoms. The Morgan fingerprint density at radius 3 is 2.68 bits per heavy atom. The summed E-state index contributed by atoms with van der Waals surface area (Å²) >= 11 is 0. The van der Waals surface area contributed by atoms with E-state index in [0.717, 1.165) is 22.4 Å². The van der Waals surface area contributed by atoms with Crippen LogP contribution in [0.25, 0.3) is 11.3 Å². The highest BCUT2D eigenvalue weighted by atomic mass is 16.5. The van der Waals surface area contributed by atoms with Gasteiger partial charge in [-0.15, -0.1) is 0 Å². The van der Waals surface area contributed by atoms with Gasteiger partial charge in [0.15, 0.2) is 0 Å². The van der Waals surface area contributed by atoms with Crippen molar-refractivity contribution < 1.29 is 4.74 Å². The summed E-state index contributed by atoms with van der Waals surface area (Å²) in [5, 5.41) is 8.86. The summed E-state index contributed by atoms with van der Waals surface area (Å²) in [4.78, 5) is 12.6. The Morgan fingerprint density at radius 2 is 2.00 bits per heavy atom. The molecule has 0 radical (unpaired) electrons. The van der Waals surface area contributed by atoms with Crippen molar-refractivity contribution in [2.45, 2.75) is 26.8 Å². The lowest BCUT2D eigenvalue weighted by atomic mass is 10.0. The molecular weight excluding hydrogens is 276 g/mol. The Morgan fingerprint density at radius 1 is 1.23 bits per heavy atom. The van der Waals surface area contributed by atoms with Gasteiger partial charge in [-0.3, -0.25) is 4.79 Å². The number of benzene rings is 1. The minimum Gasteiger partial charge on any atom is -0.383 e. The number of nitriles is 1. The van der Waals surface area contributed by atoms with Crippen LogP contribution in [0.5, 0.6) is 0 Å². The Labute approximate surface area is 130 Å². The van der Waals surface area contributed by atoms with Crippen LogP contribution in [0.3, 0.4) is 0 Å². The van der Waals surface area contributed by atoms with Gasteiger partial charge in [-0.25, -0.2) is 0 Å². The van der Waals surface area contributed by atoms with E-state index >= 15 is 0 Å². The second-order valence-corrected chi connectivity index (χ2v) is 5.35. The van der Waals surface area contributed by atoms with Gasteiger partial charge in [0.25, 0.3) is 5.56 Å². The lowest BCUT2D eigenvalue weighted by Crippen LogP contribution is -2.26. The molecule has 0 aliphatic rings. The average molecular weight is 296 g/mol. The second-order valence-electron chi connectivity index (χ2n) is 5.35. The van der Waals surface area contributed by atoms with Gasteiger partial charge in [-0.1, -0.05) is 23.8 Å². The molecule has 114 valence electrons. The fraction of sp³-hybridized carbons (Fsp3) is 0.333. The maximum atomic E-state index is 12.6. The fourth-order valence-electron chi connectivity index (χ4n) is 2.49. The quantitative estimate of drug-likeness (QED) is 0.852. The van der Waals surface area contributed by atoms with E-state index < -0.39 is 0 Å².